The number of sulfone groups is 1. The molecule has 2 aromatic carbocycles. The van der Waals surface area contributed by atoms with Gasteiger partial charge in [0.25, 0.3) is 0 Å². The first-order valence-electron chi connectivity index (χ1n) is 8.09. The van der Waals surface area contributed by atoms with Gasteiger partial charge in [0.2, 0.25) is 0 Å². The lowest BCUT2D eigenvalue weighted by atomic mass is 9.94. The van der Waals surface area contributed by atoms with Crippen molar-refractivity contribution in [3.63, 3.8) is 0 Å². The maximum Gasteiger partial charge on any atom is 0.175 e. The number of ether oxygens (including phenoxy) is 1. The minimum Gasteiger partial charge on any atom is -0.492 e. The van der Waals surface area contributed by atoms with Crippen molar-refractivity contribution >= 4 is 9.84 Å². The molecule has 2 aromatic rings. The SMILES string of the molecule is C[C@H](c1ccccc1)[C@@H](C)NCCOc1cccc(S(C)(=O)=O)c1. The second-order valence-corrected chi connectivity index (χ2v) is 8.05. The number of hydrogen-bond donors (Lipinski definition) is 1. The van der Waals surface area contributed by atoms with E-state index in [1.165, 1.54) is 11.8 Å². The zero-order valence-corrected chi connectivity index (χ0v) is 15.2. The Labute approximate surface area is 144 Å². The molecule has 0 aliphatic heterocycles. The monoisotopic (exact) mass is 347 g/mol. The van der Waals surface area contributed by atoms with Crippen LogP contribution in [0.2, 0.25) is 0 Å². The van der Waals surface area contributed by atoms with E-state index in [9.17, 15) is 8.42 Å². The van der Waals surface area contributed by atoms with E-state index in [1.807, 2.05) is 6.07 Å². The lowest BCUT2D eigenvalue weighted by Crippen LogP contribution is -2.34. The molecule has 0 unspecified atom stereocenters. The smallest absolute Gasteiger partial charge is 0.175 e. The molecule has 1 N–H and O–H groups in total. The van der Waals surface area contributed by atoms with Gasteiger partial charge in [-0.1, -0.05) is 43.3 Å². The molecule has 24 heavy (non-hydrogen) atoms. The van der Waals surface area contributed by atoms with E-state index in [0.29, 0.717) is 30.9 Å². The van der Waals surface area contributed by atoms with Crippen molar-refractivity contribution in [2.75, 3.05) is 19.4 Å². The number of hydrogen-bond acceptors (Lipinski definition) is 4. The molecule has 130 valence electrons. The maximum absolute atomic E-state index is 11.5. The second kappa shape index (κ2) is 8.31. The Morgan fingerprint density at radius 2 is 1.75 bits per heavy atom. The lowest BCUT2D eigenvalue weighted by molar-refractivity contribution is 0.302. The summed E-state index contributed by atoms with van der Waals surface area (Å²) in [5.41, 5.74) is 1.30. The molecule has 0 bridgehead atoms. The fourth-order valence-corrected chi connectivity index (χ4v) is 3.13. The summed E-state index contributed by atoms with van der Waals surface area (Å²) in [6, 6.07) is 17.3. The third-order valence-electron chi connectivity index (χ3n) is 4.15. The summed E-state index contributed by atoms with van der Waals surface area (Å²) >= 11 is 0. The van der Waals surface area contributed by atoms with E-state index in [2.05, 4.69) is 43.4 Å². The van der Waals surface area contributed by atoms with Crippen molar-refractivity contribution in [1.82, 2.24) is 5.32 Å². The Morgan fingerprint density at radius 1 is 1.04 bits per heavy atom. The minimum atomic E-state index is -3.21. The standard InChI is InChI=1S/C19H25NO3S/c1-15(17-8-5-4-6-9-17)16(2)20-12-13-23-18-10-7-11-19(14-18)24(3,21)22/h4-11,14-16,20H,12-13H2,1-3H3/t15-,16+/m0/s1. The normalized spacial score (nSPS) is 14.1. The van der Waals surface area contributed by atoms with Crippen LogP contribution in [0.1, 0.15) is 25.3 Å². The van der Waals surface area contributed by atoms with Crippen molar-refractivity contribution in [1.29, 1.82) is 0 Å². The van der Waals surface area contributed by atoms with Gasteiger partial charge in [-0.25, -0.2) is 8.42 Å². The van der Waals surface area contributed by atoms with Crippen molar-refractivity contribution in [2.45, 2.75) is 30.7 Å². The highest BCUT2D eigenvalue weighted by Crippen LogP contribution is 2.19. The van der Waals surface area contributed by atoms with E-state index in [-0.39, 0.29) is 4.90 Å². The zero-order chi connectivity index (χ0) is 17.6. The summed E-state index contributed by atoms with van der Waals surface area (Å²) in [6.07, 6.45) is 1.19. The number of rotatable bonds is 8. The van der Waals surface area contributed by atoms with Crippen LogP contribution in [0.25, 0.3) is 0 Å². The second-order valence-electron chi connectivity index (χ2n) is 6.04. The van der Waals surface area contributed by atoms with Crippen molar-refractivity contribution in [3.8, 4) is 5.75 Å². The maximum atomic E-state index is 11.5. The van der Waals surface area contributed by atoms with Gasteiger partial charge in [0.05, 0.1) is 4.90 Å². The first-order chi connectivity index (χ1) is 11.4. The Morgan fingerprint density at radius 3 is 2.42 bits per heavy atom. The van der Waals surface area contributed by atoms with Crippen LogP contribution in [-0.4, -0.2) is 33.9 Å². The van der Waals surface area contributed by atoms with Crippen LogP contribution in [0.5, 0.6) is 5.75 Å². The van der Waals surface area contributed by atoms with Crippen LogP contribution in [0.3, 0.4) is 0 Å². The lowest BCUT2D eigenvalue weighted by Gasteiger charge is -2.22. The van der Waals surface area contributed by atoms with Crippen LogP contribution in [0, 0.1) is 0 Å². The van der Waals surface area contributed by atoms with Gasteiger partial charge in [-0.15, -0.1) is 0 Å². The molecule has 0 heterocycles. The largest absolute Gasteiger partial charge is 0.492 e. The van der Waals surface area contributed by atoms with Gasteiger partial charge in [0.1, 0.15) is 12.4 Å². The average Bonchev–Trinajstić information content (AvgIpc) is 2.58. The summed E-state index contributed by atoms with van der Waals surface area (Å²) in [4.78, 5) is 0.277. The molecule has 0 aliphatic rings. The van der Waals surface area contributed by atoms with Gasteiger partial charge in [-0.05, 0) is 36.6 Å². The topological polar surface area (TPSA) is 55.4 Å². The highest BCUT2D eigenvalue weighted by atomic mass is 32.2. The predicted molar refractivity (Wildman–Crippen MR) is 97.4 cm³/mol. The van der Waals surface area contributed by atoms with Crippen molar-refractivity contribution in [2.24, 2.45) is 0 Å². The zero-order valence-electron chi connectivity index (χ0n) is 14.4. The molecular formula is C19H25NO3S. The molecule has 0 saturated carbocycles. The molecule has 0 fully saturated rings. The fraction of sp³-hybridized carbons (Fsp3) is 0.368. The van der Waals surface area contributed by atoms with Crippen LogP contribution < -0.4 is 10.1 Å². The summed E-state index contributed by atoms with van der Waals surface area (Å²) < 4.78 is 28.7. The molecule has 0 aromatic heterocycles. The molecule has 0 aliphatic carbocycles. The Hall–Kier alpha value is -1.85. The van der Waals surface area contributed by atoms with E-state index < -0.39 is 9.84 Å². The van der Waals surface area contributed by atoms with Crippen LogP contribution in [-0.2, 0) is 9.84 Å². The molecule has 0 saturated heterocycles. The van der Waals surface area contributed by atoms with Crippen LogP contribution >= 0.6 is 0 Å². The first kappa shape index (κ1) is 18.5. The van der Waals surface area contributed by atoms with Gasteiger partial charge in [0.15, 0.2) is 9.84 Å². The predicted octanol–water partition coefficient (Wildman–Crippen LogP) is 3.25. The molecule has 5 heteroatoms. The third-order valence-corrected chi connectivity index (χ3v) is 5.26. The molecule has 4 nitrogen and oxygen atoms in total. The fourth-order valence-electron chi connectivity index (χ4n) is 2.47. The average molecular weight is 347 g/mol. The number of benzene rings is 2. The molecule has 2 atom stereocenters. The summed E-state index contributed by atoms with van der Waals surface area (Å²) in [7, 11) is -3.21. The molecule has 0 radical (unpaired) electrons. The Balaban J connectivity index is 1.81. The van der Waals surface area contributed by atoms with Crippen molar-refractivity contribution < 1.29 is 13.2 Å². The van der Waals surface area contributed by atoms with E-state index in [4.69, 9.17) is 4.74 Å². The molecule has 2 rings (SSSR count). The van der Waals surface area contributed by atoms with Gasteiger partial charge >= 0.3 is 0 Å². The summed E-state index contributed by atoms with van der Waals surface area (Å²) in [6.45, 7) is 5.53. The molecule has 0 spiro atoms. The van der Waals surface area contributed by atoms with Crippen LogP contribution in [0.15, 0.2) is 59.5 Å². The minimum absolute atomic E-state index is 0.277. The first-order valence-corrected chi connectivity index (χ1v) is 9.98. The Bertz CT molecular complexity index is 744. The van der Waals surface area contributed by atoms with E-state index in [0.717, 1.165) is 0 Å². The summed E-state index contributed by atoms with van der Waals surface area (Å²) in [5, 5.41) is 3.45. The molecular weight excluding hydrogens is 322 g/mol. The quantitative estimate of drug-likeness (QED) is 0.745. The van der Waals surface area contributed by atoms with Crippen molar-refractivity contribution in [3.05, 3.63) is 60.2 Å². The third kappa shape index (κ3) is 5.35. The van der Waals surface area contributed by atoms with Gasteiger partial charge < -0.3 is 10.1 Å². The van der Waals surface area contributed by atoms with Gasteiger partial charge in [-0.2, -0.15) is 0 Å². The highest BCUT2D eigenvalue weighted by molar-refractivity contribution is 7.90. The highest BCUT2D eigenvalue weighted by Gasteiger charge is 2.13. The number of nitrogens with one attached hydrogen (secondary N) is 1. The summed E-state index contributed by atoms with van der Waals surface area (Å²) in [5.74, 6) is 0.975. The van der Waals surface area contributed by atoms with Gasteiger partial charge in [0, 0.05) is 18.8 Å². The van der Waals surface area contributed by atoms with Gasteiger partial charge in [-0.3, -0.25) is 0 Å². The Kier molecular flexibility index (Phi) is 6.40. The van der Waals surface area contributed by atoms with E-state index >= 15 is 0 Å². The van der Waals surface area contributed by atoms with E-state index in [1.54, 1.807) is 24.3 Å². The molecule has 0 amide bonds. The van der Waals surface area contributed by atoms with Crippen LogP contribution in [0.4, 0.5) is 0 Å².